The van der Waals surface area contributed by atoms with Gasteiger partial charge in [0.15, 0.2) is 5.13 Å². The first-order chi connectivity index (χ1) is 10.3. The summed E-state index contributed by atoms with van der Waals surface area (Å²) < 4.78 is 6.73. The third kappa shape index (κ3) is 2.34. The van der Waals surface area contributed by atoms with Gasteiger partial charge in [-0.2, -0.15) is 0 Å². The lowest BCUT2D eigenvalue weighted by atomic mass is 10.1. The summed E-state index contributed by atoms with van der Waals surface area (Å²) in [6.07, 6.45) is 4.64. The first kappa shape index (κ1) is 12.6. The second-order valence-electron chi connectivity index (χ2n) is 5.24. The summed E-state index contributed by atoms with van der Waals surface area (Å²) in [4.78, 5) is 10.9. The lowest BCUT2D eigenvalue weighted by Crippen LogP contribution is -2.16. The molecule has 1 aromatic carbocycles. The van der Waals surface area contributed by atoms with Crippen LogP contribution in [0.2, 0.25) is 0 Å². The van der Waals surface area contributed by atoms with Crippen LogP contribution in [0.15, 0.2) is 36.7 Å². The molecule has 2 aromatic heterocycles. The fourth-order valence-corrected chi connectivity index (χ4v) is 3.50. The average molecular weight is 297 g/mol. The Morgan fingerprint density at radius 3 is 3.19 bits per heavy atom. The molecule has 1 aliphatic heterocycles. The molecule has 0 saturated heterocycles. The molecule has 4 rings (SSSR count). The van der Waals surface area contributed by atoms with Gasteiger partial charge in [-0.05, 0) is 23.3 Å². The third-order valence-corrected chi connectivity index (χ3v) is 4.83. The van der Waals surface area contributed by atoms with Crippen molar-refractivity contribution in [3.63, 3.8) is 0 Å². The summed E-state index contributed by atoms with van der Waals surface area (Å²) in [5, 5.41) is 1.02. The molecular formula is C16H15N3OS. The molecule has 3 heterocycles. The van der Waals surface area contributed by atoms with Gasteiger partial charge in [0.25, 0.3) is 0 Å². The largest absolute Gasteiger partial charge is 0.493 e. The van der Waals surface area contributed by atoms with Crippen LogP contribution in [0, 0.1) is 0 Å². The Bertz CT molecular complexity index is 766. The molecule has 5 heteroatoms. The van der Waals surface area contributed by atoms with E-state index in [2.05, 4.69) is 40.1 Å². The van der Waals surface area contributed by atoms with E-state index in [1.54, 1.807) is 11.3 Å². The molecule has 0 amide bonds. The molecule has 4 nitrogen and oxygen atoms in total. The van der Waals surface area contributed by atoms with Gasteiger partial charge in [0.05, 0.1) is 17.5 Å². The molecule has 0 saturated carbocycles. The SMILES string of the molecule is CN(Cc1ccc2c(c1)CCO2)c1nc2cnccc2s1. The summed E-state index contributed by atoms with van der Waals surface area (Å²) >= 11 is 1.70. The van der Waals surface area contributed by atoms with Gasteiger partial charge >= 0.3 is 0 Å². The van der Waals surface area contributed by atoms with Crippen molar-refractivity contribution in [2.75, 3.05) is 18.6 Å². The number of benzene rings is 1. The molecule has 0 bridgehead atoms. The smallest absolute Gasteiger partial charge is 0.186 e. The number of hydrogen-bond acceptors (Lipinski definition) is 5. The van der Waals surface area contributed by atoms with Crippen molar-refractivity contribution in [1.82, 2.24) is 9.97 Å². The molecule has 0 aliphatic carbocycles. The molecule has 21 heavy (non-hydrogen) atoms. The number of nitrogens with zero attached hydrogens (tertiary/aromatic N) is 3. The highest BCUT2D eigenvalue weighted by Gasteiger charge is 2.14. The third-order valence-electron chi connectivity index (χ3n) is 3.68. The van der Waals surface area contributed by atoms with Gasteiger partial charge in [0.1, 0.15) is 11.3 Å². The molecule has 3 aromatic rings. The zero-order valence-electron chi connectivity index (χ0n) is 11.7. The van der Waals surface area contributed by atoms with Gasteiger partial charge in [0, 0.05) is 26.2 Å². The van der Waals surface area contributed by atoms with E-state index in [-0.39, 0.29) is 0 Å². The number of thiazole rings is 1. The quantitative estimate of drug-likeness (QED) is 0.744. The summed E-state index contributed by atoms with van der Waals surface area (Å²) in [5.74, 6) is 1.03. The van der Waals surface area contributed by atoms with Crippen LogP contribution in [0.4, 0.5) is 5.13 Å². The van der Waals surface area contributed by atoms with Crippen molar-refractivity contribution < 1.29 is 4.74 Å². The van der Waals surface area contributed by atoms with E-state index in [9.17, 15) is 0 Å². The van der Waals surface area contributed by atoms with Crippen molar-refractivity contribution in [1.29, 1.82) is 0 Å². The van der Waals surface area contributed by atoms with E-state index in [0.717, 1.165) is 36.0 Å². The van der Waals surface area contributed by atoms with E-state index < -0.39 is 0 Å². The maximum absolute atomic E-state index is 5.55. The van der Waals surface area contributed by atoms with Gasteiger partial charge in [-0.3, -0.25) is 4.98 Å². The number of hydrogen-bond donors (Lipinski definition) is 0. The highest BCUT2D eigenvalue weighted by atomic mass is 32.1. The van der Waals surface area contributed by atoms with Crippen LogP contribution in [-0.2, 0) is 13.0 Å². The number of anilines is 1. The molecule has 0 unspecified atom stereocenters. The Labute approximate surface area is 127 Å². The van der Waals surface area contributed by atoms with Gasteiger partial charge in [0.2, 0.25) is 0 Å². The number of pyridine rings is 1. The predicted molar refractivity (Wildman–Crippen MR) is 85.2 cm³/mol. The lowest BCUT2D eigenvalue weighted by Gasteiger charge is -2.16. The number of fused-ring (bicyclic) bond motifs is 2. The molecule has 106 valence electrons. The maximum Gasteiger partial charge on any atom is 0.186 e. The van der Waals surface area contributed by atoms with Crippen LogP contribution < -0.4 is 9.64 Å². The van der Waals surface area contributed by atoms with Gasteiger partial charge in [-0.1, -0.05) is 23.5 Å². The first-order valence-electron chi connectivity index (χ1n) is 6.96. The van der Waals surface area contributed by atoms with E-state index >= 15 is 0 Å². The zero-order valence-corrected chi connectivity index (χ0v) is 12.6. The zero-order chi connectivity index (χ0) is 14.2. The lowest BCUT2D eigenvalue weighted by molar-refractivity contribution is 0.357. The Morgan fingerprint density at radius 1 is 1.33 bits per heavy atom. The van der Waals surface area contributed by atoms with Crippen molar-refractivity contribution >= 4 is 26.7 Å². The Kier molecular flexibility index (Phi) is 3.00. The van der Waals surface area contributed by atoms with Crippen molar-refractivity contribution in [3.05, 3.63) is 47.8 Å². The maximum atomic E-state index is 5.55. The topological polar surface area (TPSA) is 38.2 Å². The Morgan fingerprint density at radius 2 is 2.29 bits per heavy atom. The fraction of sp³-hybridized carbons (Fsp3) is 0.250. The minimum atomic E-state index is 0.805. The van der Waals surface area contributed by atoms with Crippen LogP contribution >= 0.6 is 11.3 Å². The van der Waals surface area contributed by atoms with Crippen LogP contribution in [0.5, 0.6) is 5.75 Å². The van der Waals surface area contributed by atoms with E-state index in [1.807, 2.05) is 18.5 Å². The Balaban J connectivity index is 1.58. The minimum absolute atomic E-state index is 0.805. The highest BCUT2D eigenvalue weighted by molar-refractivity contribution is 7.22. The van der Waals surface area contributed by atoms with Crippen LogP contribution in [-0.4, -0.2) is 23.6 Å². The summed E-state index contributed by atoms with van der Waals surface area (Å²) in [6.45, 7) is 1.65. The molecule has 1 aliphatic rings. The fourth-order valence-electron chi connectivity index (χ4n) is 2.61. The molecular weight excluding hydrogens is 282 g/mol. The van der Waals surface area contributed by atoms with Crippen molar-refractivity contribution in [3.8, 4) is 5.75 Å². The predicted octanol–water partition coefficient (Wildman–Crippen LogP) is 3.26. The number of aromatic nitrogens is 2. The van der Waals surface area contributed by atoms with Crippen LogP contribution in [0.1, 0.15) is 11.1 Å². The first-order valence-corrected chi connectivity index (χ1v) is 7.77. The van der Waals surface area contributed by atoms with Crippen molar-refractivity contribution in [2.45, 2.75) is 13.0 Å². The molecule has 0 fully saturated rings. The summed E-state index contributed by atoms with van der Waals surface area (Å²) in [7, 11) is 2.08. The molecule has 0 spiro atoms. The normalized spacial score (nSPS) is 13.2. The Hall–Kier alpha value is -2.14. The summed E-state index contributed by atoms with van der Waals surface area (Å²) in [5.41, 5.74) is 3.57. The van der Waals surface area contributed by atoms with E-state index in [4.69, 9.17) is 4.74 Å². The second-order valence-corrected chi connectivity index (χ2v) is 6.25. The van der Waals surface area contributed by atoms with E-state index in [0.29, 0.717) is 0 Å². The minimum Gasteiger partial charge on any atom is -0.493 e. The van der Waals surface area contributed by atoms with Crippen LogP contribution in [0.25, 0.3) is 10.2 Å². The van der Waals surface area contributed by atoms with Crippen molar-refractivity contribution in [2.24, 2.45) is 0 Å². The summed E-state index contributed by atoms with van der Waals surface area (Å²) in [6, 6.07) is 8.47. The van der Waals surface area contributed by atoms with Gasteiger partial charge < -0.3 is 9.64 Å². The highest BCUT2D eigenvalue weighted by Crippen LogP contribution is 2.30. The van der Waals surface area contributed by atoms with Crippen LogP contribution in [0.3, 0.4) is 0 Å². The molecule has 0 radical (unpaired) electrons. The number of rotatable bonds is 3. The standard InChI is InChI=1S/C16H15N3OS/c1-19(16-18-13-9-17-6-4-15(13)21-16)10-11-2-3-14-12(8-11)5-7-20-14/h2-4,6,8-9H,5,7,10H2,1H3. The van der Waals surface area contributed by atoms with Gasteiger partial charge in [-0.25, -0.2) is 4.98 Å². The average Bonchev–Trinajstić information content (AvgIpc) is 3.13. The molecule has 0 N–H and O–H groups in total. The number of ether oxygens (including phenoxy) is 1. The van der Waals surface area contributed by atoms with Gasteiger partial charge in [-0.15, -0.1) is 0 Å². The van der Waals surface area contributed by atoms with E-state index in [1.165, 1.54) is 15.8 Å². The molecule has 0 atom stereocenters. The second kappa shape index (κ2) is 5.00. The monoisotopic (exact) mass is 297 g/mol.